The van der Waals surface area contributed by atoms with E-state index in [9.17, 15) is 14.4 Å². The number of likely N-dealkylation sites (tertiary alicyclic amines) is 1. The van der Waals surface area contributed by atoms with Crippen LogP contribution in [0.2, 0.25) is 0 Å². The van der Waals surface area contributed by atoms with Crippen molar-refractivity contribution in [1.29, 1.82) is 0 Å². The highest BCUT2D eigenvalue weighted by Gasteiger charge is 2.32. The molecule has 0 aromatic heterocycles. The van der Waals surface area contributed by atoms with Gasteiger partial charge in [-0.05, 0) is 55.7 Å². The first-order valence-corrected chi connectivity index (χ1v) is 9.56. The molecule has 0 bridgehead atoms. The number of carbonyl (C=O) groups excluding carboxylic acids is 3. The van der Waals surface area contributed by atoms with Crippen LogP contribution in [0.5, 0.6) is 5.75 Å². The number of esters is 1. The van der Waals surface area contributed by atoms with Crippen LogP contribution in [0.15, 0.2) is 54.6 Å². The minimum atomic E-state index is -0.529. The predicted molar refractivity (Wildman–Crippen MR) is 106 cm³/mol. The summed E-state index contributed by atoms with van der Waals surface area (Å²) in [6.45, 7) is 2.39. The number of nitrogens with one attached hydrogen (secondary N) is 1. The quantitative estimate of drug-likeness (QED) is 0.635. The largest absolute Gasteiger partial charge is 0.425 e. The lowest BCUT2D eigenvalue weighted by atomic mass is 10.0. The molecule has 6 nitrogen and oxygen atoms in total. The van der Waals surface area contributed by atoms with Crippen LogP contribution in [-0.2, 0) is 9.59 Å². The fourth-order valence-corrected chi connectivity index (χ4v) is 3.26. The van der Waals surface area contributed by atoms with E-state index in [-0.39, 0.29) is 11.8 Å². The van der Waals surface area contributed by atoms with Crippen LogP contribution in [0.4, 0.5) is 5.69 Å². The fraction of sp³-hybridized carbons (Fsp3) is 0.318. The maximum atomic E-state index is 12.6. The molecule has 1 unspecified atom stereocenters. The number of anilines is 1. The zero-order valence-electron chi connectivity index (χ0n) is 15.9. The highest BCUT2D eigenvalue weighted by Crippen LogP contribution is 2.22. The highest BCUT2D eigenvalue weighted by atomic mass is 16.5. The van der Waals surface area contributed by atoms with Crippen molar-refractivity contribution in [3.8, 4) is 5.75 Å². The Bertz CT molecular complexity index is 833. The van der Waals surface area contributed by atoms with Crippen molar-refractivity contribution in [1.82, 2.24) is 4.90 Å². The Morgan fingerprint density at radius 2 is 1.75 bits per heavy atom. The van der Waals surface area contributed by atoms with Gasteiger partial charge in [0.05, 0.1) is 0 Å². The topological polar surface area (TPSA) is 75.7 Å². The number of benzene rings is 2. The van der Waals surface area contributed by atoms with E-state index < -0.39 is 12.0 Å². The number of hydrogen-bond donors (Lipinski definition) is 1. The van der Waals surface area contributed by atoms with Crippen LogP contribution < -0.4 is 10.1 Å². The molecule has 3 rings (SSSR count). The van der Waals surface area contributed by atoms with Gasteiger partial charge in [-0.3, -0.25) is 9.59 Å². The van der Waals surface area contributed by atoms with E-state index in [1.807, 2.05) is 6.07 Å². The van der Waals surface area contributed by atoms with Crippen molar-refractivity contribution in [3.05, 3.63) is 60.2 Å². The monoisotopic (exact) mass is 380 g/mol. The Hall–Kier alpha value is -3.15. The molecule has 1 aliphatic rings. The van der Waals surface area contributed by atoms with Crippen LogP contribution >= 0.6 is 0 Å². The first kappa shape index (κ1) is 19.6. The summed E-state index contributed by atoms with van der Waals surface area (Å²) in [5, 5.41) is 2.80. The summed E-state index contributed by atoms with van der Waals surface area (Å²) in [6, 6.07) is 15.0. The van der Waals surface area contributed by atoms with Gasteiger partial charge in [0, 0.05) is 24.2 Å². The first-order valence-electron chi connectivity index (χ1n) is 9.56. The maximum Gasteiger partial charge on any atom is 0.334 e. The fourth-order valence-electron chi connectivity index (χ4n) is 3.26. The van der Waals surface area contributed by atoms with Crippen molar-refractivity contribution < 1.29 is 19.1 Å². The summed E-state index contributed by atoms with van der Waals surface area (Å²) < 4.78 is 5.48. The second-order valence-corrected chi connectivity index (χ2v) is 6.72. The number of nitrogens with zero attached hydrogens (tertiary/aromatic N) is 1. The Balaban J connectivity index is 1.61. The third kappa shape index (κ3) is 4.76. The van der Waals surface area contributed by atoms with E-state index in [4.69, 9.17) is 4.74 Å². The van der Waals surface area contributed by atoms with Crippen molar-refractivity contribution in [3.63, 3.8) is 0 Å². The minimum Gasteiger partial charge on any atom is -0.425 e. The minimum absolute atomic E-state index is 0.0272. The van der Waals surface area contributed by atoms with Crippen LogP contribution in [-0.4, -0.2) is 35.3 Å². The van der Waals surface area contributed by atoms with Gasteiger partial charge in [0.25, 0.3) is 5.91 Å². The molecule has 28 heavy (non-hydrogen) atoms. The molecule has 6 heteroatoms. The van der Waals surface area contributed by atoms with Crippen LogP contribution in [0.1, 0.15) is 43.0 Å². The van der Waals surface area contributed by atoms with Gasteiger partial charge in [-0.15, -0.1) is 0 Å². The Morgan fingerprint density at radius 3 is 2.43 bits per heavy atom. The van der Waals surface area contributed by atoms with Gasteiger partial charge in [-0.2, -0.15) is 0 Å². The number of piperidine rings is 1. The molecule has 1 aliphatic heterocycles. The zero-order valence-corrected chi connectivity index (χ0v) is 15.9. The molecule has 1 saturated heterocycles. The number of carbonyl (C=O) groups is 3. The average Bonchev–Trinajstić information content (AvgIpc) is 2.75. The van der Waals surface area contributed by atoms with E-state index in [2.05, 4.69) is 5.32 Å². The summed E-state index contributed by atoms with van der Waals surface area (Å²) in [4.78, 5) is 38.4. The van der Waals surface area contributed by atoms with Crippen LogP contribution in [0.3, 0.4) is 0 Å². The normalized spacial score (nSPS) is 16.3. The van der Waals surface area contributed by atoms with Crippen LogP contribution in [0.25, 0.3) is 0 Å². The molecule has 2 aromatic carbocycles. The van der Waals surface area contributed by atoms with E-state index in [1.54, 1.807) is 60.4 Å². The molecule has 1 atom stereocenters. The Morgan fingerprint density at radius 1 is 1.04 bits per heavy atom. The van der Waals surface area contributed by atoms with Gasteiger partial charge in [0.15, 0.2) is 0 Å². The third-order valence-corrected chi connectivity index (χ3v) is 4.76. The molecule has 2 aromatic rings. The lowest BCUT2D eigenvalue weighted by Gasteiger charge is -2.33. The predicted octanol–water partition coefficient (Wildman–Crippen LogP) is 3.64. The van der Waals surface area contributed by atoms with Gasteiger partial charge in [-0.1, -0.05) is 25.1 Å². The third-order valence-electron chi connectivity index (χ3n) is 4.76. The molecule has 0 aliphatic carbocycles. The number of rotatable bonds is 5. The summed E-state index contributed by atoms with van der Waals surface area (Å²) in [6.07, 6.45) is 2.80. The van der Waals surface area contributed by atoms with Gasteiger partial charge in [0.2, 0.25) is 5.91 Å². The standard InChI is InChI=1S/C22H24N2O4/c1-2-20(25)24-15-7-6-10-19(24)22(27)28-18-13-11-17(12-14-18)23-21(26)16-8-4-3-5-9-16/h3-5,8-9,11-14,19H,2,6-7,10,15H2,1H3,(H,23,26). The van der Waals surface area contributed by atoms with E-state index >= 15 is 0 Å². The van der Waals surface area contributed by atoms with Gasteiger partial charge in [0.1, 0.15) is 11.8 Å². The first-order chi connectivity index (χ1) is 13.6. The molecule has 0 saturated carbocycles. The van der Waals surface area contributed by atoms with Crippen molar-refractivity contribution >= 4 is 23.5 Å². The number of amides is 2. The smallest absolute Gasteiger partial charge is 0.334 e. The number of hydrogen-bond acceptors (Lipinski definition) is 4. The molecule has 0 radical (unpaired) electrons. The van der Waals surface area contributed by atoms with Crippen molar-refractivity contribution in [2.24, 2.45) is 0 Å². The lowest BCUT2D eigenvalue weighted by Crippen LogP contribution is -2.49. The summed E-state index contributed by atoms with van der Waals surface area (Å²) >= 11 is 0. The molecular weight excluding hydrogens is 356 g/mol. The Labute approximate surface area is 164 Å². The van der Waals surface area contributed by atoms with Crippen molar-refractivity contribution in [2.75, 3.05) is 11.9 Å². The summed E-state index contributed by atoms with van der Waals surface area (Å²) in [5.41, 5.74) is 1.17. The molecule has 1 N–H and O–H groups in total. The van der Waals surface area contributed by atoms with E-state index in [0.717, 1.165) is 12.8 Å². The van der Waals surface area contributed by atoms with Gasteiger partial charge in [-0.25, -0.2) is 4.79 Å². The molecular formula is C22H24N2O4. The number of ether oxygens (including phenoxy) is 1. The van der Waals surface area contributed by atoms with Crippen molar-refractivity contribution in [2.45, 2.75) is 38.6 Å². The summed E-state index contributed by atoms with van der Waals surface area (Å²) in [5.74, 6) is -0.262. The highest BCUT2D eigenvalue weighted by molar-refractivity contribution is 6.04. The zero-order chi connectivity index (χ0) is 19.9. The molecule has 1 heterocycles. The summed E-state index contributed by atoms with van der Waals surface area (Å²) in [7, 11) is 0. The molecule has 2 amide bonds. The lowest BCUT2D eigenvalue weighted by molar-refractivity contribution is -0.149. The van der Waals surface area contributed by atoms with E-state index in [0.29, 0.717) is 36.4 Å². The molecule has 146 valence electrons. The molecule has 0 spiro atoms. The maximum absolute atomic E-state index is 12.6. The Kier molecular flexibility index (Phi) is 6.42. The second-order valence-electron chi connectivity index (χ2n) is 6.72. The van der Waals surface area contributed by atoms with Crippen LogP contribution in [0, 0.1) is 0 Å². The molecule has 1 fully saturated rings. The van der Waals surface area contributed by atoms with E-state index in [1.165, 1.54) is 0 Å². The SMILES string of the molecule is CCC(=O)N1CCCCC1C(=O)Oc1ccc(NC(=O)c2ccccc2)cc1. The van der Waals surface area contributed by atoms with Gasteiger partial charge < -0.3 is 15.0 Å². The van der Waals surface area contributed by atoms with Gasteiger partial charge >= 0.3 is 5.97 Å². The average molecular weight is 380 g/mol. The second kappa shape index (κ2) is 9.17.